The van der Waals surface area contributed by atoms with Gasteiger partial charge in [0.1, 0.15) is 0 Å². The van der Waals surface area contributed by atoms with Crippen molar-refractivity contribution in [1.29, 1.82) is 0 Å². The van der Waals surface area contributed by atoms with E-state index in [0.29, 0.717) is 22.8 Å². The molecule has 2 N–H and O–H groups in total. The molecule has 0 heterocycles. The minimum Gasteiger partial charge on any atom is -0.399 e. The van der Waals surface area contributed by atoms with Gasteiger partial charge in [0, 0.05) is 29.9 Å². The Labute approximate surface area is 124 Å². The number of amides is 1. The molecule has 20 heavy (non-hydrogen) atoms. The highest BCUT2D eigenvalue weighted by atomic mass is 35.5. The van der Waals surface area contributed by atoms with Crippen molar-refractivity contribution in [2.45, 2.75) is 13.5 Å². The van der Waals surface area contributed by atoms with E-state index >= 15 is 0 Å². The molecule has 1 amide bonds. The van der Waals surface area contributed by atoms with E-state index in [4.69, 9.17) is 17.3 Å². The van der Waals surface area contributed by atoms with Crippen molar-refractivity contribution >= 4 is 23.2 Å². The summed E-state index contributed by atoms with van der Waals surface area (Å²) in [6, 6.07) is 12.9. The molecule has 0 saturated carbocycles. The zero-order chi connectivity index (χ0) is 14.7. The zero-order valence-electron chi connectivity index (χ0n) is 11.6. The molecule has 104 valence electrons. The monoisotopic (exact) mass is 288 g/mol. The second kappa shape index (κ2) is 5.97. The van der Waals surface area contributed by atoms with Crippen molar-refractivity contribution in [2.75, 3.05) is 12.8 Å². The van der Waals surface area contributed by atoms with Crippen LogP contribution in [0.25, 0.3) is 0 Å². The number of benzene rings is 2. The van der Waals surface area contributed by atoms with Gasteiger partial charge in [-0.1, -0.05) is 29.8 Å². The molecule has 0 fully saturated rings. The van der Waals surface area contributed by atoms with Crippen LogP contribution >= 0.6 is 11.6 Å². The Morgan fingerprint density at radius 3 is 2.70 bits per heavy atom. The van der Waals surface area contributed by atoms with Crippen LogP contribution in [0, 0.1) is 6.92 Å². The summed E-state index contributed by atoms with van der Waals surface area (Å²) >= 11 is 5.95. The molecule has 2 rings (SSSR count). The Balaban J connectivity index is 2.18. The summed E-state index contributed by atoms with van der Waals surface area (Å²) in [5, 5.41) is 0.670. The van der Waals surface area contributed by atoms with Gasteiger partial charge in [-0.15, -0.1) is 0 Å². The predicted molar refractivity (Wildman–Crippen MR) is 82.8 cm³/mol. The molecule has 0 spiro atoms. The summed E-state index contributed by atoms with van der Waals surface area (Å²) in [4.78, 5) is 14.1. The normalized spacial score (nSPS) is 10.3. The lowest BCUT2D eigenvalue weighted by molar-refractivity contribution is 0.0784. The van der Waals surface area contributed by atoms with Crippen LogP contribution in [0.4, 0.5) is 5.69 Å². The maximum absolute atomic E-state index is 12.4. The minimum absolute atomic E-state index is 0.0465. The quantitative estimate of drug-likeness (QED) is 0.879. The van der Waals surface area contributed by atoms with Gasteiger partial charge in [0.15, 0.2) is 0 Å². The first-order chi connectivity index (χ1) is 9.47. The van der Waals surface area contributed by atoms with Crippen LogP contribution in [-0.2, 0) is 6.54 Å². The van der Waals surface area contributed by atoms with Gasteiger partial charge >= 0.3 is 0 Å². The fraction of sp³-hybridized carbons (Fsp3) is 0.188. The van der Waals surface area contributed by atoms with Crippen LogP contribution < -0.4 is 5.73 Å². The SMILES string of the molecule is Cc1ccc(N)cc1C(=O)N(C)Cc1cccc(Cl)c1. The van der Waals surface area contributed by atoms with E-state index in [1.54, 1.807) is 24.1 Å². The van der Waals surface area contributed by atoms with Crippen molar-refractivity contribution in [3.63, 3.8) is 0 Å². The number of hydrogen-bond acceptors (Lipinski definition) is 2. The molecule has 3 nitrogen and oxygen atoms in total. The van der Waals surface area contributed by atoms with Crippen LogP contribution in [0.5, 0.6) is 0 Å². The Morgan fingerprint density at radius 1 is 1.25 bits per heavy atom. The topological polar surface area (TPSA) is 46.3 Å². The van der Waals surface area contributed by atoms with E-state index in [0.717, 1.165) is 11.1 Å². The average molecular weight is 289 g/mol. The van der Waals surface area contributed by atoms with Gasteiger partial charge in [-0.25, -0.2) is 0 Å². The van der Waals surface area contributed by atoms with Crippen LogP contribution in [0.15, 0.2) is 42.5 Å². The number of rotatable bonds is 3. The summed E-state index contributed by atoms with van der Waals surface area (Å²) in [6.45, 7) is 2.41. The molecule has 2 aromatic carbocycles. The van der Waals surface area contributed by atoms with Gasteiger partial charge in [0.2, 0.25) is 0 Å². The lowest BCUT2D eigenvalue weighted by Crippen LogP contribution is -2.27. The molecule has 0 radical (unpaired) electrons. The summed E-state index contributed by atoms with van der Waals surface area (Å²) in [5.74, 6) is -0.0465. The maximum atomic E-state index is 12.4. The molecular formula is C16H17ClN2O. The van der Waals surface area contributed by atoms with E-state index < -0.39 is 0 Å². The fourth-order valence-corrected chi connectivity index (χ4v) is 2.27. The third kappa shape index (κ3) is 3.31. The molecule has 0 bridgehead atoms. The summed E-state index contributed by atoms with van der Waals surface area (Å²) < 4.78 is 0. The number of anilines is 1. The number of nitrogen functional groups attached to an aromatic ring is 1. The van der Waals surface area contributed by atoms with Crippen LogP contribution in [-0.4, -0.2) is 17.9 Å². The molecular weight excluding hydrogens is 272 g/mol. The minimum atomic E-state index is -0.0465. The predicted octanol–water partition coefficient (Wildman–Crippen LogP) is 3.50. The molecule has 0 aromatic heterocycles. The molecule has 0 aliphatic carbocycles. The van der Waals surface area contributed by atoms with Crippen molar-refractivity contribution in [3.05, 3.63) is 64.2 Å². The lowest BCUT2D eigenvalue weighted by atomic mass is 10.1. The van der Waals surface area contributed by atoms with Gasteiger partial charge in [-0.3, -0.25) is 4.79 Å². The Bertz CT molecular complexity index is 640. The molecule has 0 aliphatic heterocycles. The highest BCUT2D eigenvalue weighted by molar-refractivity contribution is 6.30. The Hall–Kier alpha value is -2.00. The van der Waals surface area contributed by atoms with Crippen molar-refractivity contribution < 1.29 is 4.79 Å². The largest absolute Gasteiger partial charge is 0.399 e. The number of aryl methyl sites for hydroxylation is 1. The zero-order valence-corrected chi connectivity index (χ0v) is 12.3. The van der Waals surface area contributed by atoms with Gasteiger partial charge < -0.3 is 10.6 Å². The summed E-state index contributed by atoms with van der Waals surface area (Å²) in [6.07, 6.45) is 0. The van der Waals surface area contributed by atoms with E-state index in [1.165, 1.54) is 0 Å². The smallest absolute Gasteiger partial charge is 0.254 e. The van der Waals surface area contributed by atoms with Crippen molar-refractivity contribution in [2.24, 2.45) is 0 Å². The van der Waals surface area contributed by atoms with Crippen LogP contribution in [0.2, 0.25) is 5.02 Å². The molecule has 4 heteroatoms. The summed E-state index contributed by atoms with van der Waals surface area (Å²) in [7, 11) is 1.77. The van der Waals surface area contributed by atoms with E-state index in [1.807, 2.05) is 37.3 Å². The van der Waals surface area contributed by atoms with Crippen LogP contribution in [0.1, 0.15) is 21.5 Å². The number of halogens is 1. The first-order valence-corrected chi connectivity index (χ1v) is 6.71. The molecule has 0 aliphatic rings. The molecule has 0 atom stereocenters. The molecule has 2 aromatic rings. The van der Waals surface area contributed by atoms with Crippen molar-refractivity contribution in [1.82, 2.24) is 4.90 Å². The first kappa shape index (κ1) is 14.4. The lowest BCUT2D eigenvalue weighted by Gasteiger charge is -2.19. The Morgan fingerprint density at radius 2 is 2.00 bits per heavy atom. The highest BCUT2D eigenvalue weighted by Gasteiger charge is 2.14. The van der Waals surface area contributed by atoms with Gasteiger partial charge in [-0.2, -0.15) is 0 Å². The van der Waals surface area contributed by atoms with E-state index in [2.05, 4.69) is 0 Å². The fourth-order valence-electron chi connectivity index (χ4n) is 2.06. The van der Waals surface area contributed by atoms with Crippen LogP contribution in [0.3, 0.4) is 0 Å². The van der Waals surface area contributed by atoms with Crippen molar-refractivity contribution in [3.8, 4) is 0 Å². The average Bonchev–Trinajstić information content (AvgIpc) is 2.40. The summed E-state index contributed by atoms with van der Waals surface area (Å²) in [5.41, 5.74) is 8.89. The third-order valence-electron chi connectivity index (χ3n) is 3.15. The van der Waals surface area contributed by atoms with Gasteiger partial charge in [-0.05, 0) is 42.3 Å². The second-order valence-corrected chi connectivity index (χ2v) is 5.30. The van der Waals surface area contributed by atoms with Gasteiger partial charge in [0.25, 0.3) is 5.91 Å². The maximum Gasteiger partial charge on any atom is 0.254 e. The highest BCUT2D eigenvalue weighted by Crippen LogP contribution is 2.17. The first-order valence-electron chi connectivity index (χ1n) is 6.33. The Kier molecular flexibility index (Phi) is 4.30. The molecule has 0 saturated heterocycles. The standard InChI is InChI=1S/C16H17ClN2O/c1-11-6-7-14(18)9-15(11)16(20)19(2)10-12-4-3-5-13(17)8-12/h3-9H,10,18H2,1-2H3. The number of carbonyl (C=O) groups excluding carboxylic acids is 1. The van der Waals surface area contributed by atoms with E-state index in [-0.39, 0.29) is 5.91 Å². The number of hydrogen-bond donors (Lipinski definition) is 1. The number of carbonyl (C=O) groups is 1. The van der Waals surface area contributed by atoms with E-state index in [9.17, 15) is 4.79 Å². The number of nitrogens with zero attached hydrogens (tertiary/aromatic N) is 1. The number of nitrogens with two attached hydrogens (primary N) is 1. The van der Waals surface area contributed by atoms with Gasteiger partial charge in [0.05, 0.1) is 0 Å². The molecule has 0 unspecified atom stereocenters. The second-order valence-electron chi connectivity index (χ2n) is 4.87. The third-order valence-corrected chi connectivity index (χ3v) is 3.38.